The largest absolute Gasteiger partial charge is 0.364 e. The summed E-state index contributed by atoms with van der Waals surface area (Å²) in [7, 11) is 1.93. The number of aromatic amines is 1. The van der Waals surface area contributed by atoms with E-state index in [4.69, 9.17) is 0 Å². The number of likely N-dealkylation sites (N-methyl/N-ethyl adjacent to an activating group) is 1. The Morgan fingerprint density at radius 2 is 2.12 bits per heavy atom. The van der Waals surface area contributed by atoms with Gasteiger partial charge in [0.15, 0.2) is 0 Å². The predicted molar refractivity (Wildman–Crippen MR) is 95.7 cm³/mol. The number of hydrogen-bond donors (Lipinski definition) is 1. The zero-order valence-corrected chi connectivity index (χ0v) is 14.7. The Bertz CT molecular complexity index is 717. The molecule has 0 bridgehead atoms. The summed E-state index contributed by atoms with van der Waals surface area (Å²) in [5.41, 5.74) is 1.96. The lowest BCUT2D eigenvalue weighted by Crippen LogP contribution is -2.65. The zero-order valence-electron chi connectivity index (χ0n) is 14.7. The van der Waals surface area contributed by atoms with Crippen molar-refractivity contribution in [2.24, 2.45) is 0 Å². The number of hydrogen-bond acceptors (Lipinski definition) is 4. The molecule has 6 nitrogen and oxygen atoms in total. The van der Waals surface area contributed by atoms with E-state index < -0.39 is 5.54 Å². The molecule has 4 heterocycles. The third-order valence-electron chi connectivity index (χ3n) is 5.53. The number of carbonyl (C=O) groups excluding carboxylic acids is 1. The molecule has 6 heteroatoms. The predicted octanol–water partition coefficient (Wildman–Crippen LogP) is 1.33. The Morgan fingerprint density at radius 3 is 2.88 bits per heavy atom. The highest BCUT2D eigenvalue weighted by atomic mass is 16.2. The Hall–Kier alpha value is -2.18. The van der Waals surface area contributed by atoms with Gasteiger partial charge in [0.1, 0.15) is 5.54 Å². The monoisotopic (exact) mass is 339 g/mol. The minimum Gasteiger partial charge on any atom is -0.364 e. The number of nitrogens with one attached hydrogen (secondary N) is 1. The smallest absolute Gasteiger partial charge is 0.244 e. The van der Waals surface area contributed by atoms with Gasteiger partial charge in [0.25, 0.3) is 0 Å². The third-order valence-corrected chi connectivity index (χ3v) is 5.53. The summed E-state index contributed by atoms with van der Waals surface area (Å²) in [6.45, 7) is 5.08. The SMILES string of the molecule is CN1CCN(Cc2cccnc2)C2(CCN(Cc3ccc[nH]3)C2)C1=O. The standard InChI is InChI=1S/C19H25N5O/c1-22-10-11-24(13-16-4-2-7-20-12-16)19(18(22)25)6-9-23(15-19)14-17-5-3-8-21-17/h2-5,7-8,12,21H,6,9-11,13-15H2,1H3. The molecule has 1 spiro atoms. The van der Waals surface area contributed by atoms with Crippen molar-refractivity contribution in [2.45, 2.75) is 25.0 Å². The maximum atomic E-state index is 13.1. The van der Waals surface area contributed by atoms with Crippen LogP contribution in [0.5, 0.6) is 0 Å². The molecule has 2 saturated heterocycles. The zero-order chi connectivity index (χ0) is 17.3. The molecular formula is C19H25N5O. The fraction of sp³-hybridized carbons (Fsp3) is 0.474. The molecule has 0 radical (unpaired) electrons. The number of rotatable bonds is 4. The number of carbonyl (C=O) groups is 1. The van der Waals surface area contributed by atoms with E-state index in [2.05, 4.69) is 31.9 Å². The Kier molecular flexibility index (Phi) is 4.31. The van der Waals surface area contributed by atoms with Gasteiger partial charge in [0.05, 0.1) is 0 Å². The lowest BCUT2D eigenvalue weighted by atomic mass is 9.91. The normalized spacial score (nSPS) is 25.2. The van der Waals surface area contributed by atoms with Crippen LogP contribution in [0.25, 0.3) is 0 Å². The van der Waals surface area contributed by atoms with Crippen molar-refractivity contribution in [3.8, 4) is 0 Å². The van der Waals surface area contributed by atoms with Crippen LogP contribution in [0.15, 0.2) is 42.9 Å². The van der Waals surface area contributed by atoms with Crippen molar-refractivity contribution in [2.75, 3.05) is 33.2 Å². The van der Waals surface area contributed by atoms with Crippen LogP contribution in [0, 0.1) is 0 Å². The quantitative estimate of drug-likeness (QED) is 0.913. The molecule has 0 aromatic carbocycles. The molecule has 2 aromatic rings. The maximum absolute atomic E-state index is 13.1. The molecule has 1 atom stereocenters. The van der Waals surface area contributed by atoms with Gasteiger partial charge in [0.2, 0.25) is 5.91 Å². The molecule has 2 aliphatic heterocycles. The van der Waals surface area contributed by atoms with E-state index in [1.807, 2.05) is 36.5 Å². The van der Waals surface area contributed by atoms with Gasteiger partial charge in [-0.15, -0.1) is 0 Å². The van der Waals surface area contributed by atoms with Crippen LogP contribution < -0.4 is 0 Å². The van der Waals surface area contributed by atoms with E-state index in [0.717, 1.165) is 45.7 Å². The van der Waals surface area contributed by atoms with Crippen LogP contribution in [0.1, 0.15) is 17.7 Å². The number of nitrogens with zero attached hydrogens (tertiary/aromatic N) is 4. The average Bonchev–Trinajstić information content (AvgIpc) is 3.28. The summed E-state index contributed by atoms with van der Waals surface area (Å²) in [5.74, 6) is 0.261. The highest BCUT2D eigenvalue weighted by molar-refractivity contribution is 5.87. The van der Waals surface area contributed by atoms with Crippen molar-refractivity contribution in [3.05, 3.63) is 54.1 Å². The Balaban J connectivity index is 1.55. The summed E-state index contributed by atoms with van der Waals surface area (Å²) < 4.78 is 0. The van der Waals surface area contributed by atoms with E-state index in [1.165, 1.54) is 11.3 Å². The summed E-state index contributed by atoms with van der Waals surface area (Å²) in [4.78, 5) is 27.3. The van der Waals surface area contributed by atoms with Gasteiger partial charge >= 0.3 is 0 Å². The van der Waals surface area contributed by atoms with Gasteiger partial charge in [-0.25, -0.2) is 0 Å². The number of pyridine rings is 1. The van der Waals surface area contributed by atoms with Crippen molar-refractivity contribution in [1.29, 1.82) is 0 Å². The maximum Gasteiger partial charge on any atom is 0.244 e. The van der Waals surface area contributed by atoms with E-state index in [9.17, 15) is 4.79 Å². The van der Waals surface area contributed by atoms with Crippen LogP contribution in [0.2, 0.25) is 0 Å². The second-order valence-electron chi connectivity index (χ2n) is 7.20. The molecule has 1 amide bonds. The molecule has 0 aliphatic carbocycles. The van der Waals surface area contributed by atoms with Crippen molar-refractivity contribution < 1.29 is 4.79 Å². The molecule has 1 unspecified atom stereocenters. The lowest BCUT2D eigenvalue weighted by molar-refractivity contribution is -0.149. The van der Waals surface area contributed by atoms with E-state index >= 15 is 0 Å². The number of aromatic nitrogens is 2. The first-order chi connectivity index (χ1) is 12.2. The first kappa shape index (κ1) is 16.3. The highest BCUT2D eigenvalue weighted by Gasteiger charge is 2.52. The van der Waals surface area contributed by atoms with E-state index in [-0.39, 0.29) is 5.91 Å². The van der Waals surface area contributed by atoms with Crippen LogP contribution in [0.3, 0.4) is 0 Å². The Morgan fingerprint density at radius 1 is 1.20 bits per heavy atom. The molecule has 2 aliphatic rings. The van der Waals surface area contributed by atoms with Gasteiger partial charge in [-0.2, -0.15) is 0 Å². The minimum absolute atomic E-state index is 0.261. The van der Waals surface area contributed by atoms with Crippen molar-refractivity contribution in [1.82, 2.24) is 24.7 Å². The van der Waals surface area contributed by atoms with Gasteiger partial charge < -0.3 is 9.88 Å². The Labute approximate surface area is 148 Å². The summed E-state index contributed by atoms with van der Waals surface area (Å²) in [5, 5.41) is 0. The molecule has 1 N–H and O–H groups in total. The molecule has 2 aromatic heterocycles. The number of piperazine rings is 1. The fourth-order valence-electron chi connectivity index (χ4n) is 4.16. The first-order valence-electron chi connectivity index (χ1n) is 8.91. The molecular weight excluding hydrogens is 314 g/mol. The molecule has 2 fully saturated rings. The summed E-state index contributed by atoms with van der Waals surface area (Å²) >= 11 is 0. The first-order valence-corrected chi connectivity index (χ1v) is 8.91. The molecule has 0 saturated carbocycles. The van der Waals surface area contributed by atoms with Crippen LogP contribution >= 0.6 is 0 Å². The van der Waals surface area contributed by atoms with Crippen molar-refractivity contribution in [3.63, 3.8) is 0 Å². The molecule has 25 heavy (non-hydrogen) atoms. The highest BCUT2D eigenvalue weighted by Crippen LogP contribution is 2.34. The van der Waals surface area contributed by atoms with Gasteiger partial charge in [0, 0.05) is 70.6 Å². The second kappa shape index (κ2) is 6.61. The fourth-order valence-corrected chi connectivity index (χ4v) is 4.16. The average molecular weight is 339 g/mol. The molecule has 132 valence electrons. The van der Waals surface area contributed by atoms with Gasteiger partial charge in [-0.05, 0) is 30.2 Å². The van der Waals surface area contributed by atoms with E-state index in [0.29, 0.717) is 0 Å². The lowest BCUT2D eigenvalue weighted by Gasteiger charge is -2.46. The van der Waals surface area contributed by atoms with Crippen LogP contribution in [-0.4, -0.2) is 69.3 Å². The minimum atomic E-state index is -0.407. The summed E-state index contributed by atoms with van der Waals surface area (Å²) in [6.07, 6.45) is 6.54. The van der Waals surface area contributed by atoms with Crippen LogP contribution in [-0.2, 0) is 17.9 Å². The van der Waals surface area contributed by atoms with Gasteiger partial charge in [-0.1, -0.05) is 6.07 Å². The topological polar surface area (TPSA) is 55.5 Å². The third kappa shape index (κ3) is 3.07. The number of amides is 1. The van der Waals surface area contributed by atoms with Crippen LogP contribution in [0.4, 0.5) is 0 Å². The second-order valence-corrected chi connectivity index (χ2v) is 7.20. The molecule has 4 rings (SSSR count). The number of H-pyrrole nitrogens is 1. The van der Waals surface area contributed by atoms with Gasteiger partial charge in [-0.3, -0.25) is 19.6 Å². The summed E-state index contributed by atoms with van der Waals surface area (Å²) in [6, 6.07) is 8.18. The van der Waals surface area contributed by atoms with E-state index in [1.54, 1.807) is 6.20 Å². The number of likely N-dealkylation sites (tertiary alicyclic amines) is 1. The van der Waals surface area contributed by atoms with Crippen molar-refractivity contribution >= 4 is 5.91 Å².